The lowest BCUT2D eigenvalue weighted by Gasteiger charge is -2.34. The zero-order chi connectivity index (χ0) is 20.3. The molecule has 0 saturated heterocycles. The third-order valence-corrected chi connectivity index (χ3v) is 10.6. The van der Waals surface area contributed by atoms with Crippen molar-refractivity contribution in [3.63, 3.8) is 0 Å². The lowest BCUT2D eigenvalue weighted by molar-refractivity contribution is 0.161. The summed E-state index contributed by atoms with van der Waals surface area (Å²) in [5, 5.41) is 0. The predicted octanol–water partition coefficient (Wildman–Crippen LogP) is 6.67. The highest BCUT2D eigenvalue weighted by atomic mass is 28.5. The second kappa shape index (κ2) is 12.3. The summed E-state index contributed by atoms with van der Waals surface area (Å²) >= 11 is 0. The van der Waals surface area contributed by atoms with Gasteiger partial charge in [0.15, 0.2) is 0 Å². The molecule has 0 aromatic carbocycles. The predicted molar refractivity (Wildman–Crippen MR) is 119 cm³/mol. The normalized spacial score (nSPS) is 18.0. The molecular weight excluding hydrogens is 356 g/mol. The van der Waals surface area contributed by atoms with Crippen molar-refractivity contribution < 1.29 is 13.0 Å². The highest BCUT2D eigenvalue weighted by molar-refractivity contribution is 6.84. The van der Waals surface area contributed by atoms with Gasteiger partial charge in [0.05, 0.1) is 0 Å². The van der Waals surface area contributed by atoms with Crippen molar-refractivity contribution >= 4 is 17.1 Å². The summed E-state index contributed by atoms with van der Waals surface area (Å²) < 4.78 is 18.8. The zero-order valence-electron chi connectivity index (χ0n) is 18.5. The average molecular weight is 401 g/mol. The average Bonchev–Trinajstić information content (AvgIpc) is 2.55. The molecule has 26 heavy (non-hydrogen) atoms. The molecular formula is C21H44O3Si2. The maximum absolute atomic E-state index is 6.43. The van der Waals surface area contributed by atoms with Gasteiger partial charge < -0.3 is 13.0 Å². The van der Waals surface area contributed by atoms with E-state index in [9.17, 15) is 0 Å². The van der Waals surface area contributed by atoms with E-state index in [4.69, 9.17) is 13.0 Å². The van der Waals surface area contributed by atoms with Gasteiger partial charge in [0.25, 0.3) is 0 Å². The van der Waals surface area contributed by atoms with Crippen molar-refractivity contribution in [3.05, 3.63) is 24.6 Å². The number of hydrogen-bond donors (Lipinski definition) is 0. The lowest BCUT2D eigenvalue weighted by Crippen LogP contribution is -2.51. The van der Waals surface area contributed by atoms with Crippen molar-refractivity contribution in [2.45, 2.75) is 86.2 Å². The van der Waals surface area contributed by atoms with Gasteiger partial charge in [-0.2, -0.15) is 0 Å². The first-order valence-corrected chi connectivity index (χ1v) is 15.0. The summed E-state index contributed by atoms with van der Waals surface area (Å²) in [6.07, 6.45) is 7.26. The van der Waals surface area contributed by atoms with Crippen molar-refractivity contribution in [2.24, 2.45) is 11.3 Å². The van der Waals surface area contributed by atoms with Gasteiger partial charge >= 0.3 is 17.1 Å². The van der Waals surface area contributed by atoms with E-state index in [2.05, 4.69) is 60.9 Å². The first kappa shape index (κ1) is 25.8. The van der Waals surface area contributed by atoms with Gasteiger partial charge in [-0.15, -0.1) is 13.2 Å². The van der Waals surface area contributed by atoms with Gasteiger partial charge in [-0.05, 0) is 37.3 Å². The molecule has 0 spiro atoms. The topological polar surface area (TPSA) is 27.7 Å². The molecule has 0 aromatic rings. The van der Waals surface area contributed by atoms with E-state index in [-0.39, 0.29) is 0 Å². The molecule has 0 fully saturated rings. The fraction of sp³-hybridized carbons (Fsp3) is 0.810. The fourth-order valence-corrected chi connectivity index (χ4v) is 8.81. The molecule has 0 aliphatic rings. The molecule has 154 valence electrons. The van der Waals surface area contributed by atoms with Crippen LogP contribution in [0.25, 0.3) is 0 Å². The maximum atomic E-state index is 6.43. The first-order valence-electron chi connectivity index (χ1n) is 10.2. The Morgan fingerprint density at radius 1 is 0.923 bits per heavy atom. The van der Waals surface area contributed by atoms with Crippen LogP contribution in [0.15, 0.2) is 24.6 Å². The van der Waals surface area contributed by atoms with E-state index < -0.39 is 17.1 Å². The maximum Gasteiger partial charge on any atom is 0.352 e. The van der Waals surface area contributed by atoms with Crippen molar-refractivity contribution in [2.75, 3.05) is 13.2 Å². The molecule has 0 aliphatic heterocycles. The van der Waals surface area contributed by atoms with Gasteiger partial charge in [-0.25, -0.2) is 0 Å². The number of hydrogen-bond acceptors (Lipinski definition) is 3. The van der Waals surface area contributed by atoms with E-state index >= 15 is 0 Å². The molecule has 0 amide bonds. The SMILES string of the molecule is C=C[Si](C)(OCCCCCCC)O[Si](C)(C=C)OCC(C)CC(C)(C)C. The second-order valence-corrected chi connectivity index (χ2v) is 15.3. The van der Waals surface area contributed by atoms with Crippen LogP contribution in [0.4, 0.5) is 0 Å². The summed E-state index contributed by atoms with van der Waals surface area (Å²) in [7, 11) is -4.91. The molecule has 0 aromatic heterocycles. The van der Waals surface area contributed by atoms with Gasteiger partial charge in [0, 0.05) is 13.2 Å². The summed E-state index contributed by atoms with van der Waals surface area (Å²) in [4.78, 5) is 0. The van der Waals surface area contributed by atoms with Crippen LogP contribution < -0.4 is 0 Å². The summed E-state index contributed by atoms with van der Waals surface area (Å²) in [6.45, 7) is 24.8. The Morgan fingerprint density at radius 3 is 1.96 bits per heavy atom. The Labute approximate surface area is 165 Å². The Kier molecular flexibility index (Phi) is 12.2. The Balaban J connectivity index is 4.54. The van der Waals surface area contributed by atoms with Crippen LogP contribution in [0.3, 0.4) is 0 Å². The molecule has 3 atom stereocenters. The molecule has 0 rings (SSSR count). The molecule has 0 saturated carbocycles. The minimum Gasteiger partial charge on any atom is -0.409 e. The van der Waals surface area contributed by atoms with Crippen LogP contribution in [0.1, 0.15) is 73.1 Å². The minimum absolute atomic E-state index is 0.307. The van der Waals surface area contributed by atoms with Gasteiger partial charge in [-0.1, -0.05) is 71.7 Å². The van der Waals surface area contributed by atoms with E-state index in [0.29, 0.717) is 17.9 Å². The van der Waals surface area contributed by atoms with Gasteiger partial charge in [0.2, 0.25) is 0 Å². The second-order valence-electron chi connectivity index (χ2n) is 8.99. The summed E-state index contributed by atoms with van der Waals surface area (Å²) in [5.74, 6) is 0.488. The number of rotatable bonds is 15. The monoisotopic (exact) mass is 400 g/mol. The quantitative estimate of drug-likeness (QED) is 0.227. The van der Waals surface area contributed by atoms with Crippen LogP contribution in [-0.4, -0.2) is 30.3 Å². The lowest BCUT2D eigenvalue weighted by atomic mass is 9.86. The molecule has 0 heterocycles. The smallest absolute Gasteiger partial charge is 0.352 e. The fourth-order valence-electron chi connectivity index (χ4n) is 3.05. The van der Waals surface area contributed by atoms with Crippen molar-refractivity contribution in [1.29, 1.82) is 0 Å². The third kappa shape index (κ3) is 12.2. The van der Waals surface area contributed by atoms with E-state index in [1.807, 2.05) is 11.4 Å². The van der Waals surface area contributed by atoms with Gasteiger partial charge in [-0.3, -0.25) is 0 Å². The summed E-state index contributed by atoms with van der Waals surface area (Å²) in [6, 6.07) is 0. The Morgan fingerprint density at radius 2 is 1.46 bits per heavy atom. The minimum atomic E-state index is -2.47. The molecule has 0 radical (unpaired) electrons. The van der Waals surface area contributed by atoms with Crippen LogP contribution in [0.5, 0.6) is 0 Å². The van der Waals surface area contributed by atoms with Crippen molar-refractivity contribution in [3.8, 4) is 0 Å². The molecule has 0 aliphatic carbocycles. The highest BCUT2D eigenvalue weighted by Crippen LogP contribution is 2.26. The molecule has 0 N–H and O–H groups in total. The highest BCUT2D eigenvalue weighted by Gasteiger charge is 2.40. The first-order chi connectivity index (χ1) is 12.0. The Bertz CT molecular complexity index is 409. The van der Waals surface area contributed by atoms with Crippen LogP contribution in [0.2, 0.25) is 13.1 Å². The van der Waals surface area contributed by atoms with E-state index in [1.54, 1.807) is 0 Å². The Hall–Kier alpha value is -0.206. The van der Waals surface area contributed by atoms with E-state index in [1.165, 1.54) is 25.7 Å². The number of unbranched alkanes of at least 4 members (excludes halogenated alkanes) is 4. The zero-order valence-corrected chi connectivity index (χ0v) is 20.5. The van der Waals surface area contributed by atoms with Crippen LogP contribution in [-0.2, 0) is 13.0 Å². The third-order valence-electron chi connectivity index (χ3n) is 4.40. The van der Waals surface area contributed by atoms with Crippen molar-refractivity contribution in [1.82, 2.24) is 0 Å². The molecule has 0 bridgehead atoms. The summed E-state index contributed by atoms with van der Waals surface area (Å²) in [5.41, 5.74) is 4.05. The standard InChI is InChI=1S/C21H44O3Si2/c1-10-13-14-15-16-17-22-25(8,11-2)24-26(9,12-3)23-19-20(4)18-21(5,6)7/h11-12,20H,2-3,10,13-19H2,1,4-9H3. The largest absolute Gasteiger partial charge is 0.409 e. The molecule has 3 nitrogen and oxygen atoms in total. The molecule has 5 heteroatoms. The van der Waals surface area contributed by atoms with Crippen LogP contribution in [0, 0.1) is 11.3 Å². The van der Waals surface area contributed by atoms with Gasteiger partial charge in [0.1, 0.15) is 0 Å². The van der Waals surface area contributed by atoms with E-state index in [0.717, 1.165) is 19.4 Å². The molecule has 3 unspecified atom stereocenters. The van der Waals surface area contributed by atoms with Crippen LogP contribution >= 0.6 is 0 Å².